The number of nitro benzene ring substituents is 2. The van der Waals surface area contributed by atoms with Crippen LogP contribution in [0.1, 0.15) is 66.5 Å². The second-order valence-corrected chi connectivity index (χ2v) is 15.4. The number of ether oxygens (including phenoxy) is 2. The van der Waals surface area contributed by atoms with Crippen LogP contribution in [0.3, 0.4) is 0 Å². The molecule has 0 N–H and O–H groups in total. The molecule has 280 valence electrons. The van der Waals surface area contributed by atoms with E-state index in [0.29, 0.717) is 44.3 Å². The normalized spacial score (nSPS) is 18.0. The Bertz CT molecular complexity index is 1900. The maximum atomic E-state index is 13.3. The standard InChI is InChI=1S/C39H42B2N2O11/c1-36(2)37(3,4)52-40(51-36)31-13-9-11-27(33(31)25-15-19-29(20-16-25)42(45)46)23-49-35(44)50-24-28-12-10-14-32(41-53-38(5,6)39(7,8)54-41)34(28)26-17-21-30(22-18-26)43(47)48/h9-22H,23-24H2,1-8H3. The van der Waals surface area contributed by atoms with Crippen LogP contribution < -0.4 is 10.9 Å². The Hall–Kier alpha value is -5.08. The van der Waals surface area contributed by atoms with Gasteiger partial charge < -0.3 is 28.1 Å². The SMILES string of the molecule is CC1(C)OB(c2cccc(COC(=O)OCc3cccc(B4OC(C)(C)C(C)(C)O4)c3-c3ccc([N+](=O)[O-])cc3)c2-c2ccc([N+](=O)[O-])cc2)OC1(C)C. The molecule has 6 rings (SSSR count). The molecule has 13 nitrogen and oxygen atoms in total. The maximum Gasteiger partial charge on any atom is 0.508 e. The van der Waals surface area contributed by atoms with Gasteiger partial charge in [-0.05, 0) is 124 Å². The highest BCUT2D eigenvalue weighted by Crippen LogP contribution is 2.39. The third-order valence-electron chi connectivity index (χ3n) is 10.8. The highest BCUT2D eigenvalue weighted by atomic mass is 16.7. The number of nitrogens with zero attached hydrogens (tertiary/aromatic N) is 2. The predicted molar refractivity (Wildman–Crippen MR) is 203 cm³/mol. The van der Waals surface area contributed by atoms with Crippen molar-refractivity contribution in [1.29, 1.82) is 0 Å². The summed E-state index contributed by atoms with van der Waals surface area (Å²) < 4.78 is 36.8. The maximum absolute atomic E-state index is 13.3. The summed E-state index contributed by atoms with van der Waals surface area (Å²) in [5.74, 6) is 0. The summed E-state index contributed by atoms with van der Waals surface area (Å²) in [7, 11) is -1.53. The van der Waals surface area contributed by atoms with E-state index < -0.39 is 52.6 Å². The van der Waals surface area contributed by atoms with Crippen LogP contribution >= 0.6 is 0 Å². The molecule has 2 aliphatic heterocycles. The van der Waals surface area contributed by atoms with Crippen molar-refractivity contribution in [1.82, 2.24) is 0 Å². The molecule has 0 bridgehead atoms. The van der Waals surface area contributed by atoms with E-state index in [4.69, 9.17) is 28.1 Å². The average Bonchev–Trinajstić information content (AvgIpc) is 3.48. The molecule has 0 aliphatic carbocycles. The van der Waals surface area contributed by atoms with Gasteiger partial charge >= 0.3 is 20.4 Å². The molecule has 0 atom stereocenters. The lowest BCUT2D eigenvalue weighted by Gasteiger charge is -2.32. The third-order valence-corrected chi connectivity index (χ3v) is 10.8. The first-order valence-corrected chi connectivity index (χ1v) is 17.5. The topological polar surface area (TPSA) is 159 Å². The number of rotatable bonds is 10. The zero-order valence-corrected chi connectivity index (χ0v) is 31.5. The van der Waals surface area contributed by atoms with Crippen LogP contribution in [0.4, 0.5) is 16.2 Å². The molecule has 0 saturated carbocycles. The summed E-state index contributed by atoms with van der Waals surface area (Å²) in [5, 5.41) is 22.8. The molecule has 0 radical (unpaired) electrons. The molecule has 0 amide bonds. The van der Waals surface area contributed by atoms with Crippen molar-refractivity contribution in [3.63, 3.8) is 0 Å². The predicted octanol–water partition coefficient (Wildman–Crippen LogP) is 7.29. The second kappa shape index (κ2) is 14.3. The molecule has 2 saturated heterocycles. The highest BCUT2D eigenvalue weighted by molar-refractivity contribution is 6.64. The van der Waals surface area contributed by atoms with E-state index in [-0.39, 0.29) is 24.6 Å². The fourth-order valence-corrected chi connectivity index (χ4v) is 6.33. The lowest BCUT2D eigenvalue weighted by atomic mass is 9.73. The third kappa shape index (κ3) is 7.49. The quantitative estimate of drug-likeness (QED) is 0.0697. The molecule has 2 heterocycles. The highest BCUT2D eigenvalue weighted by Gasteiger charge is 2.53. The van der Waals surface area contributed by atoms with Gasteiger partial charge in [-0.2, -0.15) is 0 Å². The fraction of sp³-hybridized carbons (Fsp3) is 0.359. The zero-order valence-electron chi connectivity index (χ0n) is 31.5. The molecule has 2 fully saturated rings. The van der Waals surface area contributed by atoms with E-state index in [1.165, 1.54) is 24.3 Å². The van der Waals surface area contributed by atoms with E-state index >= 15 is 0 Å². The molecule has 54 heavy (non-hydrogen) atoms. The number of nitro groups is 2. The van der Waals surface area contributed by atoms with Crippen LogP contribution in [0.2, 0.25) is 0 Å². The second-order valence-electron chi connectivity index (χ2n) is 15.4. The van der Waals surface area contributed by atoms with Gasteiger partial charge in [0.05, 0.1) is 32.3 Å². The number of hydrogen-bond acceptors (Lipinski definition) is 11. The van der Waals surface area contributed by atoms with Gasteiger partial charge in [-0.25, -0.2) is 4.79 Å². The molecule has 0 aromatic heterocycles. The van der Waals surface area contributed by atoms with E-state index in [2.05, 4.69) is 0 Å². The Morgan fingerprint density at radius 3 is 1.17 bits per heavy atom. The van der Waals surface area contributed by atoms with Crippen molar-refractivity contribution in [3.05, 3.63) is 116 Å². The first-order valence-electron chi connectivity index (χ1n) is 17.5. The van der Waals surface area contributed by atoms with Gasteiger partial charge in [0, 0.05) is 24.3 Å². The summed E-state index contributed by atoms with van der Waals surface area (Å²) >= 11 is 0. The van der Waals surface area contributed by atoms with Gasteiger partial charge in [-0.15, -0.1) is 0 Å². The van der Waals surface area contributed by atoms with Gasteiger partial charge in [-0.3, -0.25) is 20.2 Å². The first kappa shape index (κ1) is 38.6. The van der Waals surface area contributed by atoms with Gasteiger partial charge in [-0.1, -0.05) is 36.4 Å². The summed E-state index contributed by atoms with van der Waals surface area (Å²) in [4.78, 5) is 35.1. The smallest absolute Gasteiger partial charge is 0.429 e. The zero-order chi connectivity index (χ0) is 39.2. The molecule has 15 heteroatoms. The number of carbonyl (C=O) groups excluding carboxylic acids is 1. The minimum absolute atomic E-state index is 0.0658. The minimum Gasteiger partial charge on any atom is -0.429 e. The van der Waals surface area contributed by atoms with Gasteiger partial charge in [0.15, 0.2) is 0 Å². The molecule has 0 spiro atoms. The van der Waals surface area contributed by atoms with Crippen molar-refractivity contribution in [2.45, 2.75) is 91.0 Å². The number of carbonyl (C=O) groups is 1. The Morgan fingerprint density at radius 1 is 0.556 bits per heavy atom. The van der Waals surface area contributed by atoms with E-state index in [1.54, 1.807) is 48.5 Å². The lowest BCUT2D eigenvalue weighted by molar-refractivity contribution is -0.385. The fourth-order valence-electron chi connectivity index (χ4n) is 6.33. The first-order chi connectivity index (χ1) is 25.3. The summed E-state index contributed by atoms with van der Waals surface area (Å²) in [6, 6.07) is 23.1. The van der Waals surface area contributed by atoms with E-state index in [1.807, 2.05) is 67.5 Å². The van der Waals surface area contributed by atoms with Gasteiger partial charge in [0.2, 0.25) is 0 Å². The average molecular weight is 736 g/mol. The van der Waals surface area contributed by atoms with Gasteiger partial charge in [0.25, 0.3) is 11.4 Å². The molecule has 0 unspecified atom stereocenters. The Labute approximate surface area is 314 Å². The molecule has 4 aromatic rings. The van der Waals surface area contributed by atoms with E-state index in [0.717, 1.165) is 0 Å². The van der Waals surface area contributed by atoms with Gasteiger partial charge in [0.1, 0.15) is 13.2 Å². The van der Waals surface area contributed by atoms with Crippen LogP contribution in [0.5, 0.6) is 0 Å². The monoisotopic (exact) mass is 736 g/mol. The molecular weight excluding hydrogens is 694 g/mol. The van der Waals surface area contributed by atoms with Crippen molar-refractivity contribution in [2.24, 2.45) is 0 Å². The Kier molecular flexibility index (Phi) is 10.2. The van der Waals surface area contributed by atoms with Crippen LogP contribution in [0.15, 0.2) is 84.9 Å². The van der Waals surface area contributed by atoms with Crippen molar-refractivity contribution in [3.8, 4) is 22.3 Å². The molecular formula is C39H42B2N2O11. The summed E-state index contributed by atoms with van der Waals surface area (Å²) in [5.41, 5.74) is 2.47. The van der Waals surface area contributed by atoms with E-state index in [9.17, 15) is 25.0 Å². The number of non-ortho nitro benzene ring substituents is 2. The molecule has 4 aromatic carbocycles. The van der Waals surface area contributed by atoms with Crippen LogP contribution in [-0.2, 0) is 41.3 Å². The summed E-state index contributed by atoms with van der Waals surface area (Å²) in [6.45, 7) is 15.2. The summed E-state index contributed by atoms with van der Waals surface area (Å²) in [6.07, 6.45) is -0.943. The molecule has 2 aliphatic rings. The van der Waals surface area contributed by atoms with Crippen LogP contribution in [-0.4, -0.2) is 52.6 Å². The number of benzene rings is 4. The van der Waals surface area contributed by atoms with Crippen molar-refractivity contribution < 1.29 is 42.7 Å². The van der Waals surface area contributed by atoms with Crippen LogP contribution in [0.25, 0.3) is 22.3 Å². The Balaban J connectivity index is 1.27. The lowest BCUT2D eigenvalue weighted by Crippen LogP contribution is -2.41. The van der Waals surface area contributed by atoms with Crippen molar-refractivity contribution >= 4 is 42.7 Å². The Morgan fingerprint density at radius 2 is 0.870 bits per heavy atom. The van der Waals surface area contributed by atoms with Crippen molar-refractivity contribution in [2.75, 3.05) is 0 Å². The number of hydrogen-bond donors (Lipinski definition) is 0. The minimum atomic E-state index is -0.943. The largest absolute Gasteiger partial charge is 0.508 e. The van der Waals surface area contributed by atoms with Crippen LogP contribution in [0, 0.1) is 20.2 Å².